The molecular formula is C20H21N7. The highest BCUT2D eigenvalue weighted by atomic mass is 15.1. The van der Waals surface area contributed by atoms with Crippen LogP contribution in [-0.4, -0.2) is 38.2 Å². The molecule has 1 aliphatic heterocycles. The van der Waals surface area contributed by atoms with Gasteiger partial charge in [0.15, 0.2) is 0 Å². The number of likely N-dealkylation sites (tertiary alicyclic amines) is 1. The third-order valence-corrected chi connectivity index (χ3v) is 4.89. The molecule has 1 saturated heterocycles. The summed E-state index contributed by atoms with van der Waals surface area (Å²) < 4.78 is 0. The van der Waals surface area contributed by atoms with Crippen LogP contribution >= 0.6 is 0 Å². The van der Waals surface area contributed by atoms with Crippen molar-refractivity contribution in [3.05, 3.63) is 65.9 Å². The number of H-pyrrole nitrogens is 1. The highest BCUT2D eigenvalue weighted by molar-refractivity contribution is 5.55. The summed E-state index contributed by atoms with van der Waals surface area (Å²) in [6.07, 6.45) is 7.71. The molecule has 2 N–H and O–H groups in total. The van der Waals surface area contributed by atoms with E-state index in [1.54, 1.807) is 12.3 Å². The third-order valence-electron chi connectivity index (χ3n) is 4.89. The summed E-state index contributed by atoms with van der Waals surface area (Å²) in [6, 6.07) is 11.7. The number of piperidine rings is 1. The molecule has 0 unspecified atom stereocenters. The molecule has 7 nitrogen and oxygen atoms in total. The van der Waals surface area contributed by atoms with E-state index in [9.17, 15) is 0 Å². The van der Waals surface area contributed by atoms with Crippen molar-refractivity contribution in [2.24, 2.45) is 0 Å². The Bertz CT molecular complexity index is 904. The number of nitriles is 1. The zero-order chi connectivity index (χ0) is 18.5. The van der Waals surface area contributed by atoms with E-state index in [1.807, 2.05) is 36.7 Å². The smallest absolute Gasteiger partial charge is 0.140 e. The molecule has 7 heteroatoms. The first-order valence-corrected chi connectivity index (χ1v) is 9.10. The summed E-state index contributed by atoms with van der Waals surface area (Å²) in [7, 11) is 0. The Morgan fingerprint density at radius 3 is 2.78 bits per heavy atom. The van der Waals surface area contributed by atoms with Gasteiger partial charge in [-0.3, -0.25) is 10.00 Å². The molecule has 0 bridgehead atoms. The zero-order valence-electron chi connectivity index (χ0n) is 15.0. The van der Waals surface area contributed by atoms with E-state index in [2.05, 4.69) is 31.5 Å². The van der Waals surface area contributed by atoms with Gasteiger partial charge in [-0.25, -0.2) is 9.97 Å². The van der Waals surface area contributed by atoms with Crippen molar-refractivity contribution in [3.8, 4) is 6.07 Å². The van der Waals surface area contributed by atoms with Gasteiger partial charge in [-0.15, -0.1) is 0 Å². The Morgan fingerprint density at radius 2 is 2.07 bits per heavy atom. The molecule has 0 saturated carbocycles. The van der Waals surface area contributed by atoms with Crippen molar-refractivity contribution < 1.29 is 0 Å². The number of aromatic nitrogens is 4. The number of nitrogens with one attached hydrogen (secondary N) is 2. The lowest BCUT2D eigenvalue weighted by Crippen LogP contribution is -2.32. The minimum Gasteiger partial charge on any atom is -0.339 e. The summed E-state index contributed by atoms with van der Waals surface area (Å²) in [5, 5.41) is 19.0. The van der Waals surface area contributed by atoms with Crippen LogP contribution in [0.2, 0.25) is 0 Å². The second-order valence-electron chi connectivity index (χ2n) is 6.77. The first-order chi connectivity index (χ1) is 13.3. The van der Waals surface area contributed by atoms with Crippen molar-refractivity contribution in [2.75, 3.05) is 18.4 Å². The summed E-state index contributed by atoms with van der Waals surface area (Å²) >= 11 is 0. The predicted octanol–water partition coefficient (Wildman–Crippen LogP) is 3.19. The maximum atomic E-state index is 8.84. The second kappa shape index (κ2) is 7.98. The molecule has 136 valence electrons. The maximum absolute atomic E-state index is 8.84. The van der Waals surface area contributed by atoms with Crippen LogP contribution < -0.4 is 5.32 Å². The Morgan fingerprint density at radius 1 is 1.19 bits per heavy atom. The lowest BCUT2D eigenvalue weighted by Gasteiger charge is -2.31. The van der Waals surface area contributed by atoms with Crippen molar-refractivity contribution in [1.29, 1.82) is 5.26 Å². The average Bonchev–Trinajstić information content (AvgIpc) is 3.22. The fourth-order valence-electron chi connectivity index (χ4n) is 3.44. The average molecular weight is 359 g/mol. The van der Waals surface area contributed by atoms with Gasteiger partial charge in [0.05, 0.1) is 18.1 Å². The van der Waals surface area contributed by atoms with E-state index in [0.29, 0.717) is 11.6 Å². The van der Waals surface area contributed by atoms with Gasteiger partial charge in [-0.2, -0.15) is 10.4 Å². The fourth-order valence-corrected chi connectivity index (χ4v) is 3.44. The number of aromatic amines is 1. The van der Waals surface area contributed by atoms with Gasteiger partial charge in [0.1, 0.15) is 17.6 Å². The molecule has 1 aliphatic rings. The lowest BCUT2D eigenvalue weighted by molar-refractivity contribution is 0.203. The highest BCUT2D eigenvalue weighted by Crippen LogP contribution is 2.28. The molecule has 0 atom stereocenters. The highest BCUT2D eigenvalue weighted by Gasteiger charge is 2.22. The third kappa shape index (κ3) is 4.30. The van der Waals surface area contributed by atoms with Crippen molar-refractivity contribution in [1.82, 2.24) is 25.1 Å². The topological polar surface area (TPSA) is 93.5 Å². The zero-order valence-corrected chi connectivity index (χ0v) is 15.0. The molecule has 0 spiro atoms. The minimum absolute atomic E-state index is 0.407. The summed E-state index contributed by atoms with van der Waals surface area (Å²) in [5.41, 5.74) is 3.59. The Labute approximate surface area is 158 Å². The number of hydrogen-bond donors (Lipinski definition) is 2. The molecular weight excluding hydrogens is 338 g/mol. The van der Waals surface area contributed by atoms with Gasteiger partial charge in [-0.1, -0.05) is 6.07 Å². The monoisotopic (exact) mass is 359 g/mol. The van der Waals surface area contributed by atoms with E-state index in [0.717, 1.165) is 49.7 Å². The van der Waals surface area contributed by atoms with Crippen LogP contribution in [0.4, 0.5) is 11.5 Å². The maximum Gasteiger partial charge on any atom is 0.140 e. The number of anilines is 2. The van der Waals surface area contributed by atoms with E-state index in [-0.39, 0.29) is 0 Å². The van der Waals surface area contributed by atoms with Gasteiger partial charge in [0.25, 0.3) is 0 Å². The number of pyridine rings is 2. The van der Waals surface area contributed by atoms with E-state index in [1.165, 1.54) is 5.56 Å². The first-order valence-electron chi connectivity index (χ1n) is 9.10. The van der Waals surface area contributed by atoms with E-state index < -0.39 is 0 Å². The van der Waals surface area contributed by atoms with Crippen LogP contribution in [0.15, 0.2) is 48.9 Å². The normalized spacial score (nSPS) is 15.4. The van der Waals surface area contributed by atoms with E-state index in [4.69, 9.17) is 10.2 Å². The second-order valence-corrected chi connectivity index (χ2v) is 6.77. The summed E-state index contributed by atoms with van der Waals surface area (Å²) in [6.45, 7) is 3.08. The van der Waals surface area contributed by atoms with Crippen LogP contribution in [0.25, 0.3) is 0 Å². The van der Waals surface area contributed by atoms with Gasteiger partial charge >= 0.3 is 0 Å². The Balaban J connectivity index is 1.37. The molecule has 0 radical (unpaired) electrons. The van der Waals surface area contributed by atoms with Crippen LogP contribution in [-0.2, 0) is 6.54 Å². The van der Waals surface area contributed by atoms with Crippen LogP contribution in [0.1, 0.15) is 35.7 Å². The van der Waals surface area contributed by atoms with Crippen LogP contribution in [0.5, 0.6) is 0 Å². The first kappa shape index (κ1) is 17.2. The van der Waals surface area contributed by atoms with Crippen molar-refractivity contribution >= 4 is 11.5 Å². The number of rotatable bonds is 5. The predicted molar refractivity (Wildman–Crippen MR) is 102 cm³/mol. The molecule has 3 aromatic heterocycles. The SMILES string of the molecule is N#Cc1ccc(Nc2cccc(C3CCN(Cc4cn[nH]c4)CC3)n2)cn1. The number of nitrogens with zero attached hydrogens (tertiary/aromatic N) is 5. The standard InChI is InChI=1S/C20H21N7/c21-10-17-4-5-18(13-22-17)25-20-3-1-2-19(26-20)16-6-8-27(9-7-16)14-15-11-23-24-12-15/h1-5,11-13,16H,6-9,14H2,(H,23,24)(H,25,26). The van der Waals surface area contributed by atoms with Gasteiger partial charge in [-0.05, 0) is 50.2 Å². The molecule has 4 heterocycles. The molecule has 0 aromatic carbocycles. The van der Waals surface area contributed by atoms with Crippen LogP contribution in [0.3, 0.4) is 0 Å². The summed E-state index contributed by atoms with van der Waals surface area (Å²) in [5.74, 6) is 1.28. The van der Waals surface area contributed by atoms with Crippen molar-refractivity contribution in [3.63, 3.8) is 0 Å². The molecule has 27 heavy (non-hydrogen) atoms. The fraction of sp³-hybridized carbons (Fsp3) is 0.300. The minimum atomic E-state index is 0.407. The molecule has 3 aromatic rings. The molecule has 0 amide bonds. The van der Waals surface area contributed by atoms with Crippen molar-refractivity contribution in [2.45, 2.75) is 25.3 Å². The van der Waals surface area contributed by atoms with Crippen LogP contribution in [0, 0.1) is 11.3 Å². The summed E-state index contributed by atoms with van der Waals surface area (Å²) in [4.78, 5) is 11.3. The van der Waals surface area contributed by atoms with Gasteiger partial charge in [0.2, 0.25) is 0 Å². The van der Waals surface area contributed by atoms with E-state index >= 15 is 0 Å². The molecule has 1 fully saturated rings. The molecule has 0 aliphatic carbocycles. The Hall–Kier alpha value is -3.24. The van der Waals surface area contributed by atoms with Gasteiger partial charge < -0.3 is 5.32 Å². The quantitative estimate of drug-likeness (QED) is 0.727. The lowest BCUT2D eigenvalue weighted by atomic mass is 9.93. The largest absolute Gasteiger partial charge is 0.339 e. The number of hydrogen-bond acceptors (Lipinski definition) is 6. The Kier molecular flexibility index (Phi) is 5.08. The van der Waals surface area contributed by atoms with Gasteiger partial charge in [0, 0.05) is 29.9 Å². The molecule has 4 rings (SSSR count).